The molecule has 0 aromatic carbocycles. The number of hydrogen-bond acceptors (Lipinski definition) is 11. The van der Waals surface area contributed by atoms with Gasteiger partial charge in [-0.2, -0.15) is 0 Å². The predicted octanol–water partition coefficient (Wildman–Crippen LogP) is -0.914. The molecule has 17 atom stereocenters. The second-order valence-electron chi connectivity index (χ2n) is 15.3. The molecule has 2 saturated heterocycles. The molecule has 0 amide bonds. The number of aliphatic hydroxyl groups excluding tert-OH is 7. The molecule has 246 valence electrons. The van der Waals surface area contributed by atoms with Gasteiger partial charge in [0, 0.05) is 11.8 Å². The van der Waals surface area contributed by atoms with E-state index in [1.165, 1.54) is 0 Å². The maximum Gasteiger partial charge on any atom is 0.127 e. The van der Waals surface area contributed by atoms with E-state index >= 15 is 0 Å². The fourth-order valence-electron chi connectivity index (χ4n) is 11.6. The fourth-order valence-corrected chi connectivity index (χ4v) is 11.6. The van der Waals surface area contributed by atoms with Gasteiger partial charge in [0.2, 0.25) is 0 Å². The molecule has 4 unspecified atom stereocenters. The Morgan fingerprint density at radius 2 is 1.67 bits per heavy atom. The van der Waals surface area contributed by atoms with Gasteiger partial charge in [0.15, 0.2) is 0 Å². The number of fused-ring (bicyclic) bond motifs is 5. The third-order valence-corrected chi connectivity index (χ3v) is 13.6. The Balaban J connectivity index is 1.51. The van der Waals surface area contributed by atoms with E-state index in [9.17, 15) is 46.0 Å². The van der Waals surface area contributed by atoms with E-state index in [0.29, 0.717) is 5.92 Å². The normalized spacial score (nSPS) is 57.7. The predicted molar refractivity (Wildman–Crippen MR) is 152 cm³/mol. The van der Waals surface area contributed by atoms with Gasteiger partial charge in [0.25, 0.3) is 0 Å². The van der Waals surface area contributed by atoms with Crippen molar-refractivity contribution in [3.8, 4) is 0 Å². The van der Waals surface area contributed by atoms with Gasteiger partial charge in [-0.15, -0.1) is 0 Å². The van der Waals surface area contributed by atoms with Crippen molar-refractivity contribution in [3.63, 3.8) is 0 Å². The monoisotopic (exact) mass is 612 g/mol. The average molecular weight is 613 g/mol. The van der Waals surface area contributed by atoms with E-state index in [2.05, 4.69) is 13.0 Å². The Hall–Kier alpha value is -0.700. The van der Waals surface area contributed by atoms with Crippen LogP contribution in [0, 0.1) is 46.3 Å². The largest absolute Gasteiger partial charge is 0.394 e. The molecule has 9 N–H and O–H groups in total. The fraction of sp³-hybridized carbons (Fsp3) is 0.938. The summed E-state index contributed by atoms with van der Waals surface area (Å²) in [5.41, 5.74) is -4.71. The highest BCUT2D eigenvalue weighted by atomic mass is 16.5. The summed E-state index contributed by atoms with van der Waals surface area (Å²) in [7, 11) is 0. The van der Waals surface area contributed by atoms with E-state index in [1.54, 1.807) is 0 Å². The third kappa shape index (κ3) is 4.34. The molecule has 4 aliphatic carbocycles. The Bertz CT molecular complexity index is 1090. The second kappa shape index (κ2) is 10.9. The van der Waals surface area contributed by atoms with Crippen LogP contribution in [0.1, 0.15) is 59.3 Å². The molecule has 0 aromatic rings. The maximum absolute atomic E-state index is 12.5. The lowest BCUT2D eigenvalue weighted by molar-refractivity contribution is -0.325. The number of hydrogen-bond donors (Lipinski definition) is 9. The summed E-state index contributed by atoms with van der Waals surface area (Å²) in [4.78, 5) is 0. The van der Waals surface area contributed by atoms with Crippen LogP contribution in [0.15, 0.2) is 11.6 Å². The van der Waals surface area contributed by atoms with Crippen LogP contribution in [-0.4, -0.2) is 126 Å². The molecular formula is C32H52O11. The Morgan fingerprint density at radius 1 is 0.953 bits per heavy atom. The lowest BCUT2D eigenvalue weighted by Gasteiger charge is -2.67. The van der Waals surface area contributed by atoms with Crippen LogP contribution >= 0.6 is 0 Å². The van der Waals surface area contributed by atoms with Crippen molar-refractivity contribution in [1.29, 1.82) is 0 Å². The quantitative estimate of drug-likeness (QED) is 0.178. The van der Waals surface area contributed by atoms with Gasteiger partial charge >= 0.3 is 0 Å². The van der Waals surface area contributed by atoms with Crippen molar-refractivity contribution in [1.82, 2.24) is 0 Å². The highest BCUT2D eigenvalue weighted by Crippen LogP contribution is 2.70. The minimum Gasteiger partial charge on any atom is -0.394 e. The van der Waals surface area contributed by atoms with Crippen molar-refractivity contribution >= 4 is 0 Å². The first-order chi connectivity index (χ1) is 20.2. The molecule has 2 heterocycles. The molecule has 11 heteroatoms. The summed E-state index contributed by atoms with van der Waals surface area (Å²) in [5, 5.41) is 102. The third-order valence-electron chi connectivity index (χ3n) is 13.6. The smallest absolute Gasteiger partial charge is 0.127 e. The van der Waals surface area contributed by atoms with Crippen LogP contribution in [0.2, 0.25) is 0 Å². The van der Waals surface area contributed by atoms with E-state index in [4.69, 9.17) is 9.47 Å². The molecule has 0 bridgehead atoms. The van der Waals surface area contributed by atoms with E-state index in [-0.39, 0.29) is 42.8 Å². The molecule has 0 radical (unpaired) electrons. The SMILES string of the molecule is CC(O)[C@H]1CC[C@H]2[C@@H]3CC=C4CC(O)C([C@@]5(O)[C@H](O)[C@@H](CO)OC[C@@H]5O)C([C@]5(O)COC[C@@H](O)[C@H]5O)[C@]4(C)[C@H]3CC[C@]12C. The molecule has 6 rings (SSSR count). The zero-order chi connectivity index (χ0) is 31.3. The van der Waals surface area contributed by atoms with Gasteiger partial charge in [-0.05, 0) is 80.0 Å². The van der Waals surface area contributed by atoms with Crippen molar-refractivity contribution in [2.24, 2.45) is 46.3 Å². The number of ether oxygens (including phenoxy) is 2. The molecule has 43 heavy (non-hydrogen) atoms. The van der Waals surface area contributed by atoms with Crippen molar-refractivity contribution in [3.05, 3.63) is 11.6 Å². The molecular weight excluding hydrogens is 560 g/mol. The Labute approximate surface area is 253 Å². The topological polar surface area (TPSA) is 201 Å². The van der Waals surface area contributed by atoms with Crippen LogP contribution in [0.3, 0.4) is 0 Å². The van der Waals surface area contributed by atoms with E-state index in [1.807, 2.05) is 13.8 Å². The van der Waals surface area contributed by atoms with Gasteiger partial charge in [-0.3, -0.25) is 0 Å². The van der Waals surface area contributed by atoms with Crippen molar-refractivity contribution in [2.75, 3.05) is 26.4 Å². The van der Waals surface area contributed by atoms with E-state index in [0.717, 1.165) is 37.7 Å². The van der Waals surface area contributed by atoms with Gasteiger partial charge in [0.1, 0.15) is 41.7 Å². The van der Waals surface area contributed by atoms with Gasteiger partial charge in [-0.1, -0.05) is 25.5 Å². The van der Waals surface area contributed by atoms with Gasteiger partial charge < -0.3 is 55.4 Å². The average Bonchev–Trinajstić information content (AvgIpc) is 3.32. The zero-order valence-electron chi connectivity index (χ0n) is 25.5. The molecule has 5 fully saturated rings. The Kier molecular flexibility index (Phi) is 8.21. The standard InChI is InChI=1S/C32H52O11/c1-15(34)18-6-7-19-17-5-4-16-10-21(35)25(32(41)24(37)13-43-23(11-33)28(32)39)26(31(40)14-42-12-22(36)27(31)38)30(16,3)20(17)8-9-29(18,19)2/h4,15,17-28,33-41H,5-14H2,1-3H3/t15?,17-,18+,19-,20-,21?,22+,23+,24-,25?,26?,27+,28+,29+,30-,31+,32+/m0/s1. The number of allylic oxidation sites excluding steroid dienone is 1. The minimum absolute atomic E-state index is 0.0556. The summed E-state index contributed by atoms with van der Waals surface area (Å²) < 4.78 is 11.1. The van der Waals surface area contributed by atoms with Gasteiger partial charge in [-0.25, -0.2) is 0 Å². The first-order valence-electron chi connectivity index (χ1n) is 16.2. The summed E-state index contributed by atoms with van der Waals surface area (Å²) in [5.74, 6) is -1.98. The van der Waals surface area contributed by atoms with Crippen LogP contribution in [-0.2, 0) is 9.47 Å². The van der Waals surface area contributed by atoms with Crippen molar-refractivity contribution < 1.29 is 55.4 Å². The number of rotatable bonds is 4. The molecule has 6 aliphatic rings. The summed E-state index contributed by atoms with van der Waals surface area (Å²) >= 11 is 0. The second-order valence-corrected chi connectivity index (χ2v) is 15.3. The molecule has 0 spiro atoms. The molecule has 11 nitrogen and oxygen atoms in total. The minimum atomic E-state index is -2.43. The molecule has 3 saturated carbocycles. The summed E-state index contributed by atoms with van der Waals surface area (Å²) in [6.45, 7) is 4.50. The Morgan fingerprint density at radius 3 is 2.35 bits per heavy atom. The highest BCUT2D eigenvalue weighted by Gasteiger charge is 2.72. The van der Waals surface area contributed by atoms with Crippen LogP contribution in [0.4, 0.5) is 0 Å². The molecule has 0 aromatic heterocycles. The molecule has 2 aliphatic heterocycles. The van der Waals surface area contributed by atoms with Crippen LogP contribution < -0.4 is 0 Å². The van der Waals surface area contributed by atoms with Crippen molar-refractivity contribution in [2.45, 2.75) is 113 Å². The maximum atomic E-state index is 12.5. The number of aliphatic hydroxyl groups is 9. The lowest BCUT2D eigenvalue weighted by atomic mass is 9.39. The highest BCUT2D eigenvalue weighted by molar-refractivity contribution is 5.33. The summed E-state index contributed by atoms with van der Waals surface area (Å²) in [6, 6.07) is 0. The van der Waals surface area contributed by atoms with Crippen LogP contribution in [0.5, 0.6) is 0 Å². The van der Waals surface area contributed by atoms with E-state index < -0.39 is 84.4 Å². The van der Waals surface area contributed by atoms with Gasteiger partial charge in [0.05, 0.1) is 38.6 Å². The zero-order valence-corrected chi connectivity index (χ0v) is 25.5. The van der Waals surface area contributed by atoms with Crippen LogP contribution in [0.25, 0.3) is 0 Å². The lowest BCUT2D eigenvalue weighted by Crippen LogP contribution is -2.77. The first-order valence-corrected chi connectivity index (χ1v) is 16.2. The summed E-state index contributed by atoms with van der Waals surface area (Å²) in [6.07, 6.45) is -3.16. The first kappa shape index (κ1) is 32.2.